The molecule has 2 nitrogen and oxygen atoms in total. The van der Waals surface area contributed by atoms with E-state index in [0.717, 1.165) is 22.2 Å². The van der Waals surface area contributed by atoms with Gasteiger partial charge in [-0.3, -0.25) is 0 Å². The van der Waals surface area contributed by atoms with Crippen LogP contribution in [0.5, 0.6) is 5.75 Å². The van der Waals surface area contributed by atoms with Gasteiger partial charge in [-0.2, -0.15) is 0 Å². The number of benzene rings is 1. The molecule has 1 rings (SSSR count). The second kappa shape index (κ2) is 4.51. The lowest BCUT2D eigenvalue weighted by Crippen LogP contribution is -2.00. The molecule has 0 bridgehead atoms. The van der Waals surface area contributed by atoms with Gasteiger partial charge in [-0.05, 0) is 40.9 Å². The van der Waals surface area contributed by atoms with Gasteiger partial charge in [-0.1, -0.05) is 13.0 Å². The molecule has 0 radical (unpaired) electrons. The molecule has 0 aliphatic heterocycles. The Labute approximate surface area is 87.2 Å². The van der Waals surface area contributed by atoms with Crippen LogP contribution in [0.2, 0.25) is 0 Å². The highest BCUT2D eigenvalue weighted by Gasteiger charge is 2.07. The van der Waals surface area contributed by atoms with Crippen LogP contribution in [-0.2, 0) is 0 Å². The normalized spacial score (nSPS) is 10.1. The second-order valence-corrected chi connectivity index (χ2v) is 3.76. The van der Waals surface area contributed by atoms with Crippen LogP contribution in [-0.4, -0.2) is 6.61 Å². The molecule has 0 aromatic heterocycles. The summed E-state index contributed by atoms with van der Waals surface area (Å²) in [6, 6.07) is 3.84. The minimum absolute atomic E-state index is 0.686. The molecule has 0 saturated carbocycles. The fraction of sp³-hybridized carbons (Fsp3) is 0.400. The molecule has 0 aliphatic carbocycles. The lowest BCUT2D eigenvalue weighted by atomic mass is 10.2. The Hall–Kier alpha value is -0.700. The molecule has 13 heavy (non-hydrogen) atoms. The predicted molar refractivity (Wildman–Crippen MR) is 59.1 cm³/mol. The van der Waals surface area contributed by atoms with Gasteiger partial charge in [0.1, 0.15) is 0 Å². The number of nitrogens with two attached hydrogens (primary N) is 1. The first-order chi connectivity index (χ1) is 6.16. The summed E-state index contributed by atoms with van der Waals surface area (Å²) in [5.74, 6) is 0.766. The fourth-order valence-electron chi connectivity index (χ4n) is 1.02. The molecule has 2 N–H and O–H groups in total. The van der Waals surface area contributed by atoms with Gasteiger partial charge in [0, 0.05) is 0 Å². The standard InChI is InChI=1S/C10H14BrNO/c1-3-6-13-10-8(12)5-4-7(2)9(10)11/h4-5H,3,6,12H2,1-2H3. The molecule has 0 atom stereocenters. The zero-order chi connectivity index (χ0) is 9.84. The van der Waals surface area contributed by atoms with E-state index in [1.807, 2.05) is 19.1 Å². The number of hydrogen-bond donors (Lipinski definition) is 1. The van der Waals surface area contributed by atoms with E-state index >= 15 is 0 Å². The Bertz CT molecular complexity index is 299. The van der Waals surface area contributed by atoms with Gasteiger partial charge < -0.3 is 10.5 Å². The molecule has 3 heteroatoms. The van der Waals surface area contributed by atoms with Crippen molar-refractivity contribution in [3.8, 4) is 5.75 Å². The maximum Gasteiger partial charge on any atom is 0.156 e. The van der Waals surface area contributed by atoms with Crippen LogP contribution in [0.4, 0.5) is 5.69 Å². The van der Waals surface area contributed by atoms with Crippen LogP contribution in [0.1, 0.15) is 18.9 Å². The van der Waals surface area contributed by atoms with E-state index in [9.17, 15) is 0 Å². The monoisotopic (exact) mass is 243 g/mol. The summed E-state index contributed by atoms with van der Waals surface area (Å²) < 4.78 is 6.48. The molecular formula is C10H14BrNO. The van der Waals surface area contributed by atoms with Gasteiger partial charge >= 0.3 is 0 Å². The van der Waals surface area contributed by atoms with Gasteiger partial charge in [0.05, 0.1) is 16.8 Å². The summed E-state index contributed by atoms with van der Waals surface area (Å²) in [7, 11) is 0. The van der Waals surface area contributed by atoms with Crippen LogP contribution >= 0.6 is 15.9 Å². The smallest absolute Gasteiger partial charge is 0.156 e. The maximum atomic E-state index is 5.78. The first-order valence-corrected chi connectivity index (χ1v) is 5.13. The SMILES string of the molecule is CCCOc1c(N)ccc(C)c1Br. The number of hydrogen-bond acceptors (Lipinski definition) is 2. The van der Waals surface area contributed by atoms with E-state index in [1.165, 1.54) is 0 Å². The van der Waals surface area contributed by atoms with Gasteiger partial charge in [0.15, 0.2) is 5.75 Å². The molecular weight excluding hydrogens is 230 g/mol. The summed E-state index contributed by atoms with van der Waals surface area (Å²) in [5.41, 5.74) is 7.60. The lowest BCUT2D eigenvalue weighted by molar-refractivity contribution is 0.317. The van der Waals surface area contributed by atoms with Crippen LogP contribution in [0.15, 0.2) is 16.6 Å². The highest BCUT2D eigenvalue weighted by Crippen LogP contribution is 2.33. The molecule has 0 spiro atoms. The van der Waals surface area contributed by atoms with Crippen molar-refractivity contribution in [1.29, 1.82) is 0 Å². The van der Waals surface area contributed by atoms with Crippen LogP contribution < -0.4 is 10.5 Å². The maximum absolute atomic E-state index is 5.78. The molecule has 0 unspecified atom stereocenters. The lowest BCUT2D eigenvalue weighted by Gasteiger charge is -2.11. The first kappa shape index (κ1) is 10.4. The topological polar surface area (TPSA) is 35.2 Å². The highest BCUT2D eigenvalue weighted by molar-refractivity contribution is 9.10. The number of ether oxygens (including phenoxy) is 1. The Morgan fingerprint density at radius 2 is 2.15 bits per heavy atom. The minimum atomic E-state index is 0.686. The molecule has 0 fully saturated rings. The minimum Gasteiger partial charge on any atom is -0.490 e. The number of anilines is 1. The summed E-state index contributed by atoms with van der Waals surface area (Å²) in [6.07, 6.45) is 0.986. The third kappa shape index (κ3) is 2.37. The summed E-state index contributed by atoms with van der Waals surface area (Å²) >= 11 is 3.46. The Morgan fingerprint density at radius 1 is 1.46 bits per heavy atom. The molecule has 1 aromatic rings. The van der Waals surface area contributed by atoms with Crippen molar-refractivity contribution in [3.05, 3.63) is 22.2 Å². The molecule has 0 amide bonds. The number of aryl methyl sites for hydroxylation is 1. The van der Waals surface area contributed by atoms with Gasteiger partial charge in [-0.15, -0.1) is 0 Å². The van der Waals surface area contributed by atoms with Crippen LogP contribution in [0.25, 0.3) is 0 Å². The van der Waals surface area contributed by atoms with Crippen molar-refractivity contribution in [2.24, 2.45) is 0 Å². The molecule has 0 heterocycles. The van der Waals surface area contributed by atoms with Crippen molar-refractivity contribution in [2.45, 2.75) is 20.3 Å². The fourth-order valence-corrected chi connectivity index (χ4v) is 1.50. The Kier molecular flexibility index (Phi) is 3.60. The molecule has 72 valence electrons. The van der Waals surface area contributed by atoms with E-state index < -0.39 is 0 Å². The predicted octanol–water partition coefficient (Wildman–Crippen LogP) is 3.13. The number of halogens is 1. The van der Waals surface area contributed by atoms with E-state index in [4.69, 9.17) is 10.5 Å². The van der Waals surface area contributed by atoms with Crippen molar-refractivity contribution in [2.75, 3.05) is 12.3 Å². The van der Waals surface area contributed by atoms with Crippen molar-refractivity contribution >= 4 is 21.6 Å². The van der Waals surface area contributed by atoms with Gasteiger partial charge in [0.25, 0.3) is 0 Å². The Morgan fingerprint density at radius 3 is 2.77 bits per heavy atom. The van der Waals surface area contributed by atoms with E-state index in [-0.39, 0.29) is 0 Å². The Balaban J connectivity index is 2.96. The van der Waals surface area contributed by atoms with Crippen molar-refractivity contribution in [3.63, 3.8) is 0 Å². The summed E-state index contributed by atoms with van der Waals surface area (Å²) in [4.78, 5) is 0. The summed E-state index contributed by atoms with van der Waals surface area (Å²) in [5, 5.41) is 0. The first-order valence-electron chi connectivity index (χ1n) is 4.34. The summed E-state index contributed by atoms with van der Waals surface area (Å²) in [6.45, 7) is 4.79. The van der Waals surface area contributed by atoms with E-state index in [2.05, 4.69) is 22.9 Å². The van der Waals surface area contributed by atoms with Crippen LogP contribution in [0, 0.1) is 6.92 Å². The number of rotatable bonds is 3. The number of nitrogen functional groups attached to an aromatic ring is 1. The highest BCUT2D eigenvalue weighted by atomic mass is 79.9. The molecule has 1 aromatic carbocycles. The molecule has 0 saturated heterocycles. The quantitative estimate of drug-likeness (QED) is 0.829. The van der Waals surface area contributed by atoms with Gasteiger partial charge in [0.2, 0.25) is 0 Å². The van der Waals surface area contributed by atoms with Crippen LogP contribution in [0.3, 0.4) is 0 Å². The van der Waals surface area contributed by atoms with Gasteiger partial charge in [-0.25, -0.2) is 0 Å². The third-order valence-corrected chi connectivity index (χ3v) is 2.76. The zero-order valence-corrected chi connectivity index (χ0v) is 9.52. The van der Waals surface area contributed by atoms with E-state index in [1.54, 1.807) is 0 Å². The van der Waals surface area contributed by atoms with E-state index in [0.29, 0.717) is 12.3 Å². The average Bonchev–Trinajstić information content (AvgIpc) is 2.12. The third-order valence-electron chi connectivity index (χ3n) is 1.77. The average molecular weight is 244 g/mol. The zero-order valence-electron chi connectivity index (χ0n) is 7.93. The van der Waals surface area contributed by atoms with Crippen molar-refractivity contribution in [1.82, 2.24) is 0 Å². The van der Waals surface area contributed by atoms with Crippen molar-refractivity contribution < 1.29 is 4.74 Å². The second-order valence-electron chi connectivity index (χ2n) is 2.96. The molecule has 0 aliphatic rings. The largest absolute Gasteiger partial charge is 0.490 e.